The number of benzene rings is 1. The Balaban J connectivity index is 3.12. The summed E-state index contributed by atoms with van der Waals surface area (Å²) < 4.78 is 1.03. The molecule has 0 fully saturated rings. The van der Waals surface area contributed by atoms with Gasteiger partial charge in [0.25, 0.3) is 0 Å². The predicted octanol–water partition coefficient (Wildman–Crippen LogP) is 1.46. The second-order valence-electron chi connectivity index (χ2n) is 2.86. The van der Waals surface area contributed by atoms with Crippen LogP contribution >= 0.6 is 22.6 Å². The van der Waals surface area contributed by atoms with E-state index in [1.807, 2.05) is 12.1 Å². The second kappa shape index (κ2) is 4.06. The molecule has 0 amide bonds. The number of carbonyl (C=O) groups excluding carboxylic acids is 1. The van der Waals surface area contributed by atoms with Gasteiger partial charge in [-0.25, -0.2) is 0 Å². The summed E-state index contributed by atoms with van der Waals surface area (Å²) in [4.78, 5) is 11.0. The average Bonchev–Trinajstić information content (AvgIpc) is 2.08. The van der Waals surface area contributed by atoms with Crippen molar-refractivity contribution in [2.45, 2.75) is 13.0 Å². The number of anilines is 1. The minimum absolute atomic E-state index is 0.0753. The topological polar surface area (TPSA) is 69.1 Å². The Bertz CT molecular complexity index is 338. The van der Waals surface area contributed by atoms with Crippen LogP contribution in [0.5, 0.6) is 0 Å². The van der Waals surface area contributed by atoms with Gasteiger partial charge in [-0.15, -0.1) is 0 Å². The van der Waals surface area contributed by atoms with Crippen molar-refractivity contribution in [1.29, 1.82) is 0 Å². The Kier molecular flexibility index (Phi) is 3.27. The molecule has 1 unspecified atom stereocenters. The molecule has 0 spiro atoms. The van der Waals surface area contributed by atoms with Crippen molar-refractivity contribution in [3.63, 3.8) is 0 Å². The summed E-state index contributed by atoms with van der Waals surface area (Å²) in [5.41, 5.74) is 12.6. The van der Waals surface area contributed by atoms with Crippen LogP contribution in [0.25, 0.3) is 0 Å². The van der Waals surface area contributed by atoms with Gasteiger partial charge in [0.05, 0.1) is 6.04 Å². The third kappa shape index (κ3) is 2.41. The van der Waals surface area contributed by atoms with E-state index in [0.29, 0.717) is 11.3 Å². The summed E-state index contributed by atoms with van der Waals surface area (Å²) in [5.74, 6) is -0.0753. The Morgan fingerprint density at radius 2 is 2.15 bits per heavy atom. The molecule has 0 saturated carbocycles. The van der Waals surface area contributed by atoms with Crippen LogP contribution in [0.4, 0.5) is 5.69 Å². The van der Waals surface area contributed by atoms with E-state index in [2.05, 4.69) is 22.6 Å². The lowest BCUT2D eigenvalue weighted by atomic mass is 10.0. The van der Waals surface area contributed by atoms with Crippen molar-refractivity contribution in [1.82, 2.24) is 0 Å². The van der Waals surface area contributed by atoms with E-state index in [4.69, 9.17) is 11.5 Å². The summed E-state index contributed by atoms with van der Waals surface area (Å²) in [6.45, 7) is 1.46. The molecule has 0 aromatic heterocycles. The summed E-state index contributed by atoms with van der Waals surface area (Å²) in [7, 11) is 0. The maximum Gasteiger partial charge on any atom is 0.151 e. The zero-order valence-electron chi connectivity index (χ0n) is 7.25. The van der Waals surface area contributed by atoms with E-state index in [-0.39, 0.29) is 5.78 Å². The molecule has 4 N–H and O–H groups in total. The molecular weight excluding hydrogens is 279 g/mol. The van der Waals surface area contributed by atoms with Crippen molar-refractivity contribution in [3.05, 3.63) is 27.3 Å². The first-order valence-corrected chi connectivity index (χ1v) is 4.91. The summed E-state index contributed by atoms with van der Waals surface area (Å²) in [6, 6.07) is 4.88. The van der Waals surface area contributed by atoms with Crippen LogP contribution < -0.4 is 11.5 Å². The van der Waals surface area contributed by atoms with Crippen molar-refractivity contribution >= 4 is 34.1 Å². The monoisotopic (exact) mass is 290 g/mol. The molecule has 13 heavy (non-hydrogen) atoms. The first-order valence-electron chi connectivity index (χ1n) is 3.83. The van der Waals surface area contributed by atoms with Gasteiger partial charge in [0.2, 0.25) is 0 Å². The van der Waals surface area contributed by atoms with E-state index in [0.717, 1.165) is 3.57 Å². The Labute approximate surface area is 90.6 Å². The van der Waals surface area contributed by atoms with Crippen molar-refractivity contribution in [2.75, 3.05) is 5.73 Å². The number of carbonyl (C=O) groups is 1. The molecule has 0 heterocycles. The Morgan fingerprint density at radius 1 is 1.54 bits per heavy atom. The van der Waals surface area contributed by atoms with Gasteiger partial charge in [0, 0.05) is 14.8 Å². The lowest BCUT2D eigenvalue weighted by Gasteiger charge is -2.11. The van der Waals surface area contributed by atoms with E-state index < -0.39 is 6.04 Å². The average molecular weight is 290 g/mol. The van der Waals surface area contributed by atoms with E-state index in [1.165, 1.54) is 6.92 Å². The van der Waals surface area contributed by atoms with Crippen LogP contribution in [0.1, 0.15) is 18.5 Å². The minimum Gasteiger partial charge on any atom is -0.398 e. The predicted molar refractivity (Wildman–Crippen MR) is 61.2 cm³/mol. The van der Waals surface area contributed by atoms with E-state index in [1.54, 1.807) is 6.07 Å². The van der Waals surface area contributed by atoms with Crippen LogP contribution in [0.2, 0.25) is 0 Å². The largest absolute Gasteiger partial charge is 0.398 e. The molecule has 1 rings (SSSR count). The Hall–Kier alpha value is -0.620. The number of ketones is 1. The molecule has 4 heteroatoms. The fourth-order valence-corrected chi connectivity index (χ4v) is 1.55. The van der Waals surface area contributed by atoms with E-state index in [9.17, 15) is 4.79 Å². The zero-order valence-corrected chi connectivity index (χ0v) is 9.41. The highest BCUT2D eigenvalue weighted by molar-refractivity contribution is 14.1. The van der Waals surface area contributed by atoms with Gasteiger partial charge in [0.15, 0.2) is 5.78 Å². The number of halogens is 1. The molecular formula is C9H11IN2O. The van der Waals surface area contributed by atoms with Crippen LogP contribution in [0.3, 0.4) is 0 Å². The molecule has 1 aromatic rings. The van der Waals surface area contributed by atoms with Crippen LogP contribution in [-0.2, 0) is 4.79 Å². The highest BCUT2D eigenvalue weighted by Gasteiger charge is 2.13. The lowest BCUT2D eigenvalue weighted by Crippen LogP contribution is -2.20. The SMILES string of the molecule is CC(=O)C(N)c1cc(I)ccc1N. The first-order chi connectivity index (χ1) is 6.02. The first kappa shape index (κ1) is 10.5. The van der Waals surface area contributed by atoms with Gasteiger partial charge in [-0.3, -0.25) is 4.79 Å². The molecule has 0 aliphatic heterocycles. The van der Waals surface area contributed by atoms with Crippen LogP contribution in [-0.4, -0.2) is 5.78 Å². The number of nitrogens with two attached hydrogens (primary N) is 2. The number of hydrogen-bond donors (Lipinski definition) is 2. The molecule has 0 saturated heterocycles. The lowest BCUT2D eigenvalue weighted by molar-refractivity contribution is -0.118. The van der Waals surface area contributed by atoms with Crippen LogP contribution in [0.15, 0.2) is 18.2 Å². The maximum atomic E-state index is 11.0. The second-order valence-corrected chi connectivity index (χ2v) is 4.11. The molecule has 0 bridgehead atoms. The molecule has 1 atom stereocenters. The number of nitrogen functional groups attached to an aromatic ring is 1. The smallest absolute Gasteiger partial charge is 0.151 e. The third-order valence-electron chi connectivity index (χ3n) is 1.82. The summed E-state index contributed by atoms with van der Waals surface area (Å²) in [6.07, 6.45) is 0. The highest BCUT2D eigenvalue weighted by Crippen LogP contribution is 2.21. The van der Waals surface area contributed by atoms with Gasteiger partial charge < -0.3 is 11.5 Å². The van der Waals surface area contributed by atoms with E-state index >= 15 is 0 Å². The van der Waals surface area contributed by atoms with Gasteiger partial charge in [-0.1, -0.05) is 0 Å². The summed E-state index contributed by atoms with van der Waals surface area (Å²) in [5, 5.41) is 0. The fraction of sp³-hybridized carbons (Fsp3) is 0.222. The Morgan fingerprint density at radius 3 is 2.69 bits per heavy atom. The van der Waals surface area contributed by atoms with Crippen molar-refractivity contribution in [3.8, 4) is 0 Å². The fourth-order valence-electron chi connectivity index (χ4n) is 1.03. The zero-order chi connectivity index (χ0) is 10.0. The van der Waals surface area contributed by atoms with Gasteiger partial charge in [-0.05, 0) is 47.7 Å². The van der Waals surface area contributed by atoms with Gasteiger partial charge >= 0.3 is 0 Å². The normalized spacial score (nSPS) is 12.5. The highest BCUT2D eigenvalue weighted by atomic mass is 127. The number of hydrogen-bond acceptors (Lipinski definition) is 3. The molecule has 0 aliphatic rings. The maximum absolute atomic E-state index is 11.0. The third-order valence-corrected chi connectivity index (χ3v) is 2.49. The molecule has 0 radical (unpaired) electrons. The van der Waals surface area contributed by atoms with Crippen LogP contribution in [0, 0.1) is 3.57 Å². The molecule has 70 valence electrons. The molecule has 0 aliphatic carbocycles. The molecule has 1 aromatic carbocycles. The summed E-state index contributed by atoms with van der Waals surface area (Å²) >= 11 is 2.16. The van der Waals surface area contributed by atoms with Gasteiger partial charge in [0.1, 0.15) is 0 Å². The standard InChI is InChI=1S/C9H11IN2O/c1-5(13)9(12)7-4-6(10)2-3-8(7)11/h2-4,9H,11-12H2,1H3. The van der Waals surface area contributed by atoms with Gasteiger partial charge in [-0.2, -0.15) is 0 Å². The number of rotatable bonds is 2. The molecule has 3 nitrogen and oxygen atoms in total. The van der Waals surface area contributed by atoms with Crippen molar-refractivity contribution in [2.24, 2.45) is 5.73 Å². The van der Waals surface area contributed by atoms with Crippen molar-refractivity contribution < 1.29 is 4.79 Å². The quantitative estimate of drug-likeness (QED) is 0.640. The minimum atomic E-state index is -0.602. The number of Topliss-reactive ketones (excluding diaryl/α,β-unsaturated/α-hetero) is 1.